The van der Waals surface area contributed by atoms with Crippen molar-refractivity contribution in [2.45, 2.75) is 103 Å². The lowest BCUT2D eigenvalue weighted by atomic mass is 9.95. The fraction of sp³-hybridized carbons (Fsp3) is 0.630. The zero-order valence-electron chi connectivity index (χ0n) is 25.0. The Kier molecular flexibility index (Phi) is 13.6. The second-order valence-electron chi connectivity index (χ2n) is 10.9. The number of hydrogen-bond donors (Lipinski definition) is 5. The van der Waals surface area contributed by atoms with Crippen molar-refractivity contribution < 1.29 is 38.2 Å². The van der Waals surface area contributed by atoms with Crippen LogP contribution in [-0.4, -0.2) is 77.6 Å². The van der Waals surface area contributed by atoms with Gasteiger partial charge in [0.1, 0.15) is 34.8 Å². The molecule has 0 heterocycles. The fourth-order valence-corrected chi connectivity index (χ4v) is 3.30. The molecule has 0 aromatic carbocycles. The molecule has 0 saturated carbocycles. The number of nitrogens with one attached hydrogen (secondary N) is 5. The van der Waals surface area contributed by atoms with Crippen molar-refractivity contribution in [3.8, 4) is 0 Å². The summed E-state index contributed by atoms with van der Waals surface area (Å²) in [5.41, 5.74) is -3.75. The SMILES string of the molecule is C=CC[C@@](C)(NC(=O)OC(C)(C)C)C(=O)N[C@@H](C)C(=O)N[C@@H](C)C(=O)N[C@](C)(CC=C)C(=O)N[C@@H](C)C(=O)OC. The van der Waals surface area contributed by atoms with Gasteiger partial charge in [0.25, 0.3) is 0 Å². The van der Waals surface area contributed by atoms with Crippen LogP contribution in [0.15, 0.2) is 25.3 Å². The molecule has 0 bridgehead atoms. The Morgan fingerprint density at radius 3 is 1.55 bits per heavy atom. The molecule has 0 radical (unpaired) electrons. The first kappa shape index (κ1) is 36.1. The summed E-state index contributed by atoms with van der Waals surface area (Å²) in [6, 6.07) is -3.17. The molecule has 0 aliphatic rings. The molecule has 0 aliphatic heterocycles. The highest BCUT2D eigenvalue weighted by molar-refractivity contribution is 5.97. The van der Waals surface area contributed by atoms with Gasteiger partial charge in [-0.3, -0.25) is 19.2 Å². The van der Waals surface area contributed by atoms with Gasteiger partial charge in [0.05, 0.1) is 7.11 Å². The number of amides is 5. The lowest BCUT2D eigenvalue weighted by Gasteiger charge is -2.32. The van der Waals surface area contributed by atoms with E-state index in [1.807, 2.05) is 0 Å². The van der Waals surface area contributed by atoms with E-state index in [4.69, 9.17) is 4.74 Å². The van der Waals surface area contributed by atoms with Crippen LogP contribution in [-0.2, 0) is 33.4 Å². The van der Waals surface area contributed by atoms with E-state index in [2.05, 4.69) is 44.5 Å². The van der Waals surface area contributed by atoms with Crippen molar-refractivity contribution in [2.24, 2.45) is 0 Å². The molecule has 5 atom stereocenters. The topological polar surface area (TPSA) is 181 Å². The van der Waals surface area contributed by atoms with Crippen molar-refractivity contribution in [1.82, 2.24) is 26.6 Å². The Labute approximate surface area is 236 Å². The van der Waals surface area contributed by atoms with E-state index in [0.717, 1.165) is 0 Å². The number of esters is 1. The molecule has 5 amide bonds. The predicted molar refractivity (Wildman–Crippen MR) is 149 cm³/mol. The van der Waals surface area contributed by atoms with Crippen molar-refractivity contribution in [3.63, 3.8) is 0 Å². The Bertz CT molecular complexity index is 992. The quantitative estimate of drug-likeness (QED) is 0.152. The number of carbonyl (C=O) groups excluding carboxylic acids is 6. The Balaban J connectivity index is 5.38. The van der Waals surface area contributed by atoms with Gasteiger partial charge in [-0.2, -0.15) is 0 Å². The molecule has 0 saturated heterocycles. The lowest BCUT2D eigenvalue weighted by molar-refractivity contribution is -0.145. The summed E-state index contributed by atoms with van der Waals surface area (Å²) in [6.07, 6.45) is 2.12. The second kappa shape index (κ2) is 15.0. The average Bonchev–Trinajstić information content (AvgIpc) is 2.81. The van der Waals surface area contributed by atoms with Crippen LogP contribution in [0.25, 0.3) is 0 Å². The summed E-state index contributed by atoms with van der Waals surface area (Å²) in [7, 11) is 1.18. The monoisotopic (exact) mass is 567 g/mol. The molecule has 40 heavy (non-hydrogen) atoms. The van der Waals surface area contributed by atoms with Gasteiger partial charge in [0.15, 0.2) is 0 Å². The molecule has 5 N–H and O–H groups in total. The van der Waals surface area contributed by atoms with Crippen LogP contribution in [0.2, 0.25) is 0 Å². The Hall–Kier alpha value is -3.90. The van der Waals surface area contributed by atoms with Crippen molar-refractivity contribution >= 4 is 35.7 Å². The molecule has 0 fully saturated rings. The molecular weight excluding hydrogens is 522 g/mol. The van der Waals surface area contributed by atoms with Crippen molar-refractivity contribution in [2.75, 3.05) is 7.11 Å². The van der Waals surface area contributed by atoms with Gasteiger partial charge >= 0.3 is 12.1 Å². The summed E-state index contributed by atoms with van der Waals surface area (Å²) in [5, 5.41) is 12.6. The number of methoxy groups -OCH3 is 1. The molecule has 0 unspecified atom stereocenters. The number of carbonyl (C=O) groups is 6. The third-order valence-corrected chi connectivity index (χ3v) is 5.68. The molecule has 226 valence electrons. The Morgan fingerprint density at radius 2 is 1.12 bits per heavy atom. The van der Waals surface area contributed by atoms with E-state index >= 15 is 0 Å². The van der Waals surface area contributed by atoms with E-state index in [9.17, 15) is 28.8 Å². The molecule has 0 rings (SSSR count). The molecule has 0 spiro atoms. The van der Waals surface area contributed by atoms with Gasteiger partial charge in [-0.25, -0.2) is 9.59 Å². The molecule has 0 aliphatic carbocycles. The highest BCUT2D eigenvalue weighted by Gasteiger charge is 2.38. The summed E-state index contributed by atoms with van der Waals surface area (Å²) >= 11 is 0. The van der Waals surface area contributed by atoms with Crippen LogP contribution in [0.3, 0.4) is 0 Å². The Morgan fingerprint density at radius 1 is 0.700 bits per heavy atom. The third kappa shape index (κ3) is 11.5. The first-order valence-corrected chi connectivity index (χ1v) is 12.8. The van der Waals surface area contributed by atoms with Crippen LogP contribution in [0.1, 0.15) is 68.2 Å². The first-order valence-electron chi connectivity index (χ1n) is 12.8. The van der Waals surface area contributed by atoms with Gasteiger partial charge in [-0.1, -0.05) is 12.2 Å². The maximum absolute atomic E-state index is 13.0. The van der Waals surface area contributed by atoms with E-state index in [0.29, 0.717) is 0 Å². The largest absolute Gasteiger partial charge is 0.467 e. The molecule has 0 aromatic heterocycles. The predicted octanol–water partition coefficient (Wildman–Crippen LogP) is 0.984. The zero-order chi connectivity index (χ0) is 31.5. The molecule has 13 nitrogen and oxygen atoms in total. The van der Waals surface area contributed by atoms with Gasteiger partial charge in [-0.15, -0.1) is 13.2 Å². The van der Waals surface area contributed by atoms with Crippen LogP contribution in [0, 0.1) is 0 Å². The van der Waals surface area contributed by atoms with Gasteiger partial charge in [-0.05, 0) is 68.2 Å². The highest BCUT2D eigenvalue weighted by Crippen LogP contribution is 2.15. The normalized spacial score (nSPS) is 16.2. The molecule has 13 heteroatoms. The van der Waals surface area contributed by atoms with Crippen LogP contribution in [0.4, 0.5) is 4.79 Å². The molecular formula is C27H45N5O8. The maximum Gasteiger partial charge on any atom is 0.408 e. The number of hydrogen-bond acceptors (Lipinski definition) is 8. The van der Waals surface area contributed by atoms with Crippen LogP contribution < -0.4 is 26.6 Å². The van der Waals surface area contributed by atoms with E-state index in [1.165, 1.54) is 53.9 Å². The number of rotatable bonds is 14. The van der Waals surface area contributed by atoms with E-state index in [-0.39, 0.29) is 12.8 Å². The van der Waals surface area contributed by atoms with Crippen molar-refractivity contribution in [1.29, 1.82) is 0 Å². The summed E-state index contributed by atoms with van der Waals surface area (Å²) in [4.78, 5) is 75.5. The van der Waals surface area contributed by atoms with Crippen LogP contribution in [0.5, 0.6) is 0 Å². The van der Waals surface area contributed by atoms with Gasteiger partial charge < -0.3 is 36.1 Å². The summed E-state index contributed by atoms with van der Waals surface area (Å²) in [6.45, 7) is 19.4. The van der Waals surface area contributed by atoms with Gasteiger partial charge in [0.2, 0.25) is 23.6 Å². The minimum Gasteiger partial charge on any atom is -0.467 e. The maximum atomic E-state index is 13.0. The van der Waals surface area contributed by atoms with E-state index < -0.39 is 70.5 Å². The number of ether oxygens (including phenoxy) is 2. The van der Waals surface area contributed by atoms with Crippen LogP contribution >= 0.6 is 0 Å². The van der Waals surface area contributed by atoms with Gasteiger partial charge in [0, 0.05) is 0 Å². The highest BCUT2D eigenvalue weighted by atomic mass is 16.6. The smallest absolute Gasteiger partial charge is 0.408 e. The fourth-order valence-electron chi connectivity index (χ4n) is 3.30. The minimum absolute atomic E-state index is 0.0259. The van der Waals surface area contributed by atoms with E-state index in [1.54, 1.807) is 20.8 Å². The lowest BCUT2D eigenvalue weighted by Crippen LogP contribution is -2.63. The molecule has 0 aromatic rings. The summed E-state index contributed by atoms with van der Waals surface area (Å²) < 4.78 is 9.83. The third-order valence-electron chi connectivity index (χ3n) is 5.68. The first-order chi connectivity index (χ1) is 18.2. The summed E-state index contributed by atoms with van der Waals surface area (Å²) in [5.74, 6) is -3.38. The zero-order valence-corrected chi connectivity index (χ0v) is 25.0. The average molecular weight is 568 g/mol. The standard InChI is InChI=1S/C27H45N5O8/c1-12-14-26(9,22(36)30-18(5)21(35)39-11)31-20(34)17(4)28-19(33)16(3)29-23(37)27(10,15-13-2)32-24(38)40-25(6,7)8/h12-13,16-18H,1-2,14-15H2,3-11H3,(H,28,33)(H,29,37)(H,30,36)(H,31,34)(H,32,38)/t16-,17-,18-,26+,27+/m0/s1. The minimum atomic E-state index is -1.49. The van der Waals surface area contributed by atoms with Crippen molar-refractivity contribution in [3.05, 3.63) is 25.3 Å². The number of alkyl carbamates (subject to hydrolysis) is 1. The second-order valence-corrected chi connectivity index (χ2v) is 10.9.